The van der Waals surface area contributed by atoms with Crippen LogP contribution in [-0.2, 0) is 33.4 Å². The van der Waals surface area contributed by atoms with E-state index in [4.69, 9.17) is 14.2 Å². The highest BCUT2D eigenvalue weighted by molar-refractivity contribution is 5.92. The van der Waals surface area contributed by atoms with E-state index in [1.54, 1.807) is 13.8 Å². The molecule has 5 atom stereocenters. The predicted molar refractivity (Wildman–Crippen MR) is 154 cm³/mol. The summed E-state index contributed by atoms with van der Waals surface area (Å²) in [4.78, 5) is 63.4. The number of carbonyl (C=O) groups excluding carboxylic acids is 5. The summed E-state index contributed by atoms with van der Waals surface area (Å²) < 4.78 is 15.9. The Bertz CT molecular complexity index is 944. The van der Waals surface area contributed by atoms with Gasteiger partial charge >= 0.3 is 12.1 Å². The minimum Gasteiger partial charge on any atom is -0.463 e. The summed E-state index contributed by atoms with van der Waals surface area (Å²) >= 11 is 0. The van der Waals surface area contributed by atoms with E-state index in [9.17, 15) is 24.0 Å². The van der Waals surface area contributed by atoms with Crippen LogP contribution in [0.15, 0.2) is 24.8 Å². The second kappa shape index (κ2) is 17.4. The van der Waals surface area contributed by atoms with Gasteiger partial charge in [0.2, 0.25) is 17.7 Å². The zero-order valence-corrected chi connectivity index (χ0v) is 25.4. The highest BCUT2D eigenvalue weighted by atomic mass is 16.6. The summed E-state index contributed by atoms with van der Waals surface area (Å²) in [6.45, 7) is 16.8. The van der Waals surface area contributed by atoms with E-state index in [1.165, 1.54) is 18.2 Å². The van der Waals surface area contributed by atoms with Crippen LogP contribution in [0.2, 0.25) is 0 Å². The summed E-state index contributed by atoms with van der Waals surface area (Å²) in [5.74, 6) is -2.14. The molecule has 1 aliphatic heterocycles. The van der Waals surface area contributed by atoms with Crippen LogP contribution in [0.5, 0.6) is 0 Å². The summed E-state index contributed by atoms with van der Waals surface area (Å²) in [5, 5.41) is 10.9. The zero-order chi connectivity index (χ0) is 31.2. The van der Waals surface area contributed by atoms with Crippen LogP contribution >= 0.6 is 0 Å². The van der Waals surface area contributed by atoms with Crippen molar-refractivity contribution in [2.75, 3.05) is 19.8 Å². The largest absolute Gasteiger partial charge is 0.463 e. The van der Waals surface area contributed by atoms with Gasteiger partial charge < -0.3 is 35.5 Å². The third-order valence-electron chi connectivity index (χ3n) is 6.02. The number of hydrogen-bond acceptors (Lipinski definition) is 8. The average molecular weight is 581 g/mol. The first kappa shape index (κ1) is 35.6. The third-order valence-corrected chi connectivity index (χ3v) is 6.02. The molecule has 0 spiro atoms. The Kier molecular flexibility index (Phi) is 15.1. The van der Waals surface area contributed by atoms with Crippen LogP contribution in [0.4, 0.5) is 4.79 Å². The van der Waals surface area contributed by atoms with Gasteiger partial charge in [-0.3, -0.25) is 14.4 Å². The van der Waals surface area contributed by atoms with Crippen LogP contribution < -0.4 is 21.3 Å². The Morgan fingerprint density at radius 3 is 2.29 bits per heavy atom. The number of ether oxygens (including phenoxy) is 3. The standard InChI is InChI=1S/C29H48N4O8/c1-9-15-40-28(38)33-24(19(5)41-29(6,7)8)27(37)32-22(16-18(3)4)26(36)31-21(11-12-23(34)39-10-2)17-20-13-14-30-25(20)35/h9,11-12,18-22,24H,1,10,13-17H2,2-8H3,(H,30,35)(H,31,36)(H,32,37)(H,33,38)/t19?,20-,21+,22-,24-/m0/s1. The fourth-order valence-electron chi connectivity index (χ4n) is 4.32. The fourth-order valence-corrected chi connectivity index (χ4v) is 4.32. The van der Waals surface area contributed by atoms with Crippen molar-refractivity contribution in [2.45, 2.75) is 97.6 Å². The molecule has 232 valence electrons. The molecule has 1 aliphatic rings. The normalized spacial score (nSPS) is 18.1. The lowest BCUT2D eigenvalue weighted by Gasteiger charge is -2.32. The molecule has 1 unspecified atom stereocenters. The molecule has 0 radical (unpaired) electrons. The van der Waals surface area contributed by atoms with Crippen LogP contribution in [-0.4, -0.2) is 79.4 Å². The molecular formula is C29H48N4O8. The van der Waals surface area contributed by atoms with Gasteiger partial charge in [-0.05, 0) is 59.8 Å². The van der Waals surface area contributed by atoms with Gasteiger partial charge in [-0.2, -0.15) is 0 Å². The molecule has 0 aliphatic carbocycles. The van der Waals surface area contributed by atoms with Crippen molar-refractivity contribution in [2.24, 2.45) is 11.8 Å². The van der Waals surface area contributed by atoms with Crippen LogP contribution in [0, 0.1) is 11.8 Å². The van der Waals surface area contributed by atoms with Crippen molar-refractivity contribution in [3.8, 4) is 0 Å². The van der Waals surface area contributed by atoms with E-state index >= 15 is 0 Å². The number of amides is 4. The monoisotopic (exact) mass is 580 g/mol. The maximum absolute atomic E-state index is 13.5. The first-order chi connectivity index (χ1) is 19.2. The van der Waals surface area contributed by atoms with Gasteiger partial charge in [0.05, 0.1) is 18.3 Å². The Morgan fingerprint density at radius 1 is 1.07 bits per heavy atom. The van der Waals surface area contributed by atoms with Crippen molar-refractivity contribution in [1.29, 1.82) is 0 Å². The van der Waals surface area contributed by atoms with Crippen molar-refractivity contribution in [3.05, 3.63) is 24.8 Å². The van der Waals surface area contributed by atoms with E-state index in [1.807, 2.05) is 34.6 Å². The van der Waals surface area contributed by atoms with Gasteiger partial charge in [0.1, 0.15) is 18.7 Å². The molecular weight excluding hydrogens is 532 g/mol. The molecule has 0 aromatic heterocycles. The number of nitrogens with one attached hydrogen (secondary N) is 4. The van der Waals surface area contributed by atoms with E-state index < -0.39 is 53.7 Å². The number of alkyl carbamates (subject to hydrolysis) is 1. The predicted octanol–water partition coefficient (Wildman–Crippen LogP) is 2.13. The molecule has 12 heteroatoms. The lowest BCUT2D eigenvalue weighted by atomic mass is 9.96. The Morgan fingerprint density at radius 2 is 1.76 bits per heavy atom. The molecule has 1 fully saturated rings. The van der Waals surface area contributed by atoms with E-state index in [0.29, 0.717) is 13.0 Å². The first-order valence-electron chi connectivity index (χ1n) is 14.1. The molecule has 12 nitrogen and oxygen atoms in total. The number of carbonyl (C=O) groups is 5. The number of rotatable bonds is 16. The maximum Gasteiger partial charge on any atom is 0.408 e. The molecule has 1 rings (SSSR count). The van der Waals surface area contributed by atoms with Gasteiger partial charge in [0, 0.05) is 24.6 Å². The van der Waals surface area contributed by atoms with E-state index in [2.05, 4.69) is 27.8 Å². The summed E-state index contributed by atoms with van der Waals surface area (Å²) in [7, 11) is 0. The lowest BCUT2D eigenvalue weighted by Crippen LogP contribution is -2.59. The highest BCUT2D eigenvalue weighted by Crippen LogP contribution is 2.18. The molecule has 0 saturated carbocycles. The summed E-state index contributed by atoms with van der Waals surface area (Å²) in [6.07, 6.45) is 3.67. The quantitative estimate of drug-likeness (QED) is 0.123. The Labute approximate surface area is 243 Å². The zero-order valence-electron chi connectivity index (χ0n) is 25.4. The lowest BCUT2D eigenvalue weighted by molar-refractivity contribution is -0.137. The molecule has 0 aromatic rings. The third kappa shape index (κ3) is 14.2. The van der Waals surface area contributed by atoms with Gasteiger partial charge in [0.25, 0.3) is 0 Å². The van der Waals surface area contributed by atoms with E-state index in [0.717, 1.165) is 0 Å². The number of hydrogen-bond donors (Lipinski definition) is 4. The molecule has 0 bridgehead atoms. The van der Waals surface area contributed by atoms with Crippen LogP contribution in [0.1, 0.15) is 67.7 Å². The average Bonchev–Trinajstić information content (AvgIpc) is 3.26. The second-order valence-corrected chi connectivity index (χ2v) is 11.4. The molecule has 0 aromatic carbocycles. The molecule has 41 heavy (non-hydrogen) atoms. The molecule has 1 heterocycles. The first-order valence-corrected chi connectivity index (χ1v) is 14.1. The molecule has 1 saturated heterocycles. The van der Waals surface area contributed by atoms with Crippen molar-refractivity contribution in [3.63, 3.8) is 0 Å². The minimum absolute atomic E-state index is 0.0207. The molecule has 4 N–H and O–H groups in total. The van der Waals surface area contributed by atoms with Crippen molar-refractivity contribution < 1.29 is 38.2 Å². The van der Waals surface area contributed by atoms with Crippen molar-refractivity contribution >= 4 is 29.8 Å². The smallest absolute Gasteiger partial charge is 0.408 e. The van der Waals surface area contributed by atoms with E-state index in [-0.39, 0.29) is 43.8 Å². The number of esters is 1. The summed E-state index contributed by atoms with van der Waals surface area (Å²) in [6, 6.07) is -2.82. The Balaban J connectivity index is 3.16. The SMILES string of the molecule is C=CCOC(=O)N[C@H](C(=O)N[C@@H](CC(C)C)C(=O)N[C@H](C=CC(=O)OCC)C[C@@H]1CCNC1=O)C(C)OC(C)(C)C. The maximum atomic E-state index is 13.5. The highest BCUT2D eigenvalue weighted by Gasteiger charge is 2.35. The molecule has 4 amide bonds. The van der Waals surface area contributed by atoms with Crippen LogP contribution in [0.3, 0.4) is 0 Å². The van der Waals surface area contributed by atoms with Crippen molar-refractivity contribution in [1.82, 2.24) is 21.3 Å². The fraction of sp³-hybridized carbons (Fsp3) is 0.690. The minimum atomic E-state index is -1.17. The topological polar surface area (TPSA) is 161 Å². The van der Waals surface area contributed by atoms with Gasteiger partial charge in [-0.1, -0.05) is 32.6 Å². The summed E-state index contributed by atoms with van der Waals surface area (Å²) in [5.41, 5.74) is -0.621. The van der Waals surface area contributed by atoms with Crippen LogP contribution in [0.25, 0.3) is 0 Å². The van der Waals surface area contributed by atoms with Gasteiger partial charge in [-0.15, -0.1) is 0 Å². The second-order valence-electron chi connectivity index (χ2n) is 11.4. The van der Waals surface area contributed by atoms with Gasteiger partial charge in [0.15, 0.2) is 0 Å². The van der Waals surface area contributed by atoms with Gasteiger partial charge in [-0.25, -0.2) is 9.59 Å². The Hall–Kier alpha value is -3.41.